The lowest BCUT2D eigenvalue weighted by atomic mass is 10.2. The second kappa shape index (κ2) is 4.42. The van der Waals surface area contributed by atoms with E-state index in [9.17, 15) is 0 Å². The van der Waals surface area contributed by atoms with Gasteiger partial charge < -0.3 is 0 Å². The molecule has 0 aliphatic rings. The van der Waals surface area contributed by atoms with Gasteiger partial charge in [-0.1, -0.05) is 23.9 Å². The molecule has 0 saturated carbocycles. The summed E-state index contributed by atoms with van der Waals surface area (Å²) in [5.74, 6) is 0. The van der Waals surface area contributed by atoms with E-state index in [0.29, 0.717) is 5.56 Å². The van der Waals surface area contributed by atoms with Gasteiger partial charge in [0.25, 0.3) is 0 Å². The van der Waals surface area contributed by atoms with Crippen LogP contribution in [0.25, 0.3) is 0 Å². The van der Waals surface area contributed by atoms with Crippen molar-refractivity contribution in [2.45, 2.75) is 16.8 Å². The predicted molar refractivity (Wildman–Crippen MR) is 63.2 cm³/mol. The molecule has 0 bridgehead atoms. The molecule has 80 valence electrons. The summed E-state index contributed by atoms with van der Waals surface area (Å²) in [6, 6.07) is 11.8. The molecule has 0 N–H and O–H groups in total. The first-order valence-corrected chi connectivity index (χ1v) is 5.70. The van der Waals surface area contributed by atoms with E-state index in [1.165, 1.54) is 0 Å². The summed E-state index contributed by atoms with van der Waals surface area (Å²) < 4.78 is 1.83. The quantitative estimate of drug-likeness (QED) is 0.795. The van der Waals surface area contributed by atoms with Crippen molar-refractivity contribution >= 4 is 11.8 Å². The van der Waals surface area contributed by atoms with Gasteiger partial charge in [-0.2, -0.15) is 10.4 Å². The lowest BCUT2D eigenvalue weighted by molar-refractivity contribution is 0.692. The highest BCUT2D eigenvalue weighted by Crippen LogP contribution is 2.29. The maximum absolute atomic E-state index is 8.99. The SMILES string of the molecule is Cc1cc(Sc2ccccc2C#N)n(C)n1. The molecule has 2 aromatic rings. The molecule has 0 spiro atoms. The summed E-state index contributed by atoms with van der Waals surface area (Å²) in [6.07, 6.45) is 0. The van der Waals surface area contributed by atoms with Gasteiger partial charge in [0.1, 0.15) is 6.07 Å². The van der Waals surface area contributed by atoms with Gasteiger partial charge in [0, 0.05) is 11.9 Å². The fourth-order valence-electron chi connectivity index (χ4n) is 1.44. The normalized spacial score (nSPS) is 10.1. The summed E-state index contributed by atoms with van der Waals surface area (Å²) in [5, 5.41) is 14.3. The number of aryl methyl sites for hydroxylation is 2. The van der Waals surface area contributed by atoms with E-state index < -0.39 is 0 Å². The fourth-order valence-corrected chi connectivity index (χ4v) is 2.44. The molecule has 0 unspecified atom stereocenters. The average Bonchev–Trinajstić information content (AvgIpc) is 2.58. The average molecular weight is 229 g/mol. The molecule has 2 rings (SSSR count). The minimum Gasteiger partial charge on any atom is -0.262 e. The zero-order chi connectivity index (χ0) is 11.5. The smallest absolute Gasteiger partial charge is 0.100 e. The van der Waals surface area contributed by atoms with Gasteiger partial charge in [0.2, 0.25) is 0 Å². The molecule has 1 aromatic heterocycles. The Kier molecular flexibility index (Phi) is 2.97. The molecular formula is C12H11N3S. The highest BCUT2D eigenvalue weighted by atomic mass is 32.2. The Morgan fingerprint density at radius 3 is 2.75 bits per heavy atom. The van der Waals surface area contributed by atoms with Crippen molar-refractivity contribution in [3.8, 4) is 6.07 Å². The van der Waals surface area contributed by atoms with Crippen molar-refractivity contribution in [2.24, 2.45) is 7.05 Å². The number of hydrogen-bond acceptors (Lipinski definition) is 3. The van der Waals surface area contributed by atoms with Crippen molar-refractivity contribution in [1.82, 2.24) is 9.78 Å². The lowest BCUT2D eigenvalue weighted by Gasteiger charge is -2.02. The number of rotatable bonds is 2. The monoisotopic (exact) mass is 229 g/mol. The van der Waals surface area contributed by atoms with E-state index in [1.807, 2.05) is 49.0 Å². The Labute approximate surface area is 98.7 Å². The number of benzene rings is 1. The van der Waals surface area contributed by atoms with E-state index in [1.54, 1.807) is 11.8 Å². The molecule has 3 nitrogen and oxygen atoms in total. The zero-order valence-corrected chi connectivity index (χ0v) is 9.95. The van der Waals surface area contributed by atoms with Crippen LogP contribution in [0.4, 0.5) is 0 Å². The first-order chi connectivity index (χ1) is 7.70. The van der Waals surface area contributed by atoms with Gasteiger partial charge in [-0.05, 0) is 25.1 Å². The molecule has 0 aliphatic heterocycles. The predicted octanol–water partition coefficient (Wildman–Crippen LogP) is 2.75. The highest BCUT2D eigenvalue weighted by molar-refractivity contribution is 7.99. The van der Waals surface area contributed by atoms with Crippen LogP contribution in [0.2, 0.25) is 0 Å². The molecule has 1 heterocycles. The molecule has 4 heteroatoms. The number of hydrogen-bond donors (Lipinski definition) is 0. The van der Waals surface area contributed by atoms with Gasteiger partial charge in [0.15, 0.2) is 0 Å². The van der Waals surface area contributed by atoms with Crippen LogP contribution < -0.4 is 0 Å². The molecule has 0 fully saturated rings. The number of nitrogens with zero attached hydrogens (tertiary/aromatic N) is 3. The largest absolute Gasteiger partial charge is 0.262 e. The summed E-state index contributed by atoms with van der Waals surface area (Å²) in [4.78, 5) is 0.966. The van der Waals surface area contributed by atoms with Gasteiger partial charge in [-0.3, -0.25) is 4.68 Å². The van der Waals surface area contributed by atoms with Crippen LogP contribution in [0.15, 0.2) is 40.3 Å². The minimum absolute atomic E-state index is 0.700. The standard InChI is InChI=1S/C12H11N3S/c1-9-7-12(15(2)14-9)16-11-6-4-3-5-10(11)8-13/h3-7H,1-2H3. The Hall–Kier alpha value is -1.73. The Balaban J connectivity index is 2.34. The molecule has 0 radical (unpaired) electrons. The van der Waals surface area contributed by atoms with Gasteiger partial charge in [-0.15, -0.1) is 0 Å². The molecule has 16 heavy (non-hydrogen) atoms. The maximum Gasteiger partial charge on any atom is 0.100 e. The van der Waals surface area contributed by atoms with Crippen LogP contribution in [0.3, 0.4) is 0 Å². The van der Waals surface area contributed by atoms with E-state index in [-0.39, 0.29) is 0 Å². The molecule has 0 atom stereocenters. The van der Waals surface area contributed by atoms with Gasteiger partial charge in [-0.25, -0.2) is 0 Å². The van der Waals surface area contributed by atoms with Crippen LogP contribution in [-0.2, 0) is 7.05 Å². The van der Waals surface area contributed by atoms with Crippen LogP contribution in [0.5, 0.6) is 0 Å². The minimum atomic E-state index is 0.700. The van der Waals surface area contributed by atoms with E-state index in [4.69, 9.17) is 5.26 Å². The van der Waals surface area contributed by atoms with Crippen molar-refractivity contribution in [3.63, 3.8) is 0 Å². The Morgan fingerprint density at radius 2 is 2.12 bits per heavy atom. The summed E-state index contributed by atoms with van der Waals surface area (Å²) in [7, 11) is 1.91. The van der Waals surface area contributed by atoms with Crippen LogP contribution in [-0.4, -0.2) is 9.78 Å². The van der Waals surface area contributed by atoms with Gasteiger partial charge in [0.05, 0.1) is 16.3 Å². The fraction of sp³-hybridized carbons (Fsp3) is 0.167. The van der Waals surface area contributed by atoms with Gasteiger partial charge >= 0.3 is 0 Å². The highest BCUT2D eigenvalue weighted by Gasteiger charge is 2.07. The first-order valence-electron chi connectivity index (χ1n) is 4.88. The third kappa shape index (κ3) is 2.10. The summed E-state index contributed by atoms with van der Waals surface area (Å²) in [6.45, 7) is 1.96. The van der Waals surface area contributed by atoms with Crippen LogP contribution in [0.1, 0.15) is 11.3 Å². The van der Waals surface area contributed by atoms with Crippen molar-refractivity contribution in [3.05, 3.63) is 41.6 Å². The van der Waals surface area contributed by atoms with Crippen LogP contribution >= 0.6 is 11.8 Å². The maximum atomic E-state index is 8.99. The third-order valence-corrected chi connectivity index (χ3v) is 3.35. The number of aromatic nitrogens is 2. The second-order valence-corrected chi connectivity index (χ2v) is 4.52. The Bertz CT molecular complexity index is 552. The topological polar surface area (TPSA) is 41.6 Å². The zero-order valence-electron chi connectivity index (χ0n) is 9.14. The van der Waals surface area contributed by atoms with E-state index >= 15 is 0 Å². The molecular weight excluding hydrogens is 218 g/mol. The lowest BCUT2D eigenvalue weighted by Crippen LogP contribution is -1.92. The van der Waals surface area contributed by atoms with Crippen molar-refractivity contribution in [1.29, 1.82) is 5.26 Å². The molecule has 1 aromatic carbocycles. The molecule has 0 amide bonds. The van der Waals surface area contributed by atoms with Crippen LogP contribution in [0, 0.1) is 18.3 Å². The summed E-state index contributed by atoms with van der Waals surface area (Å²) in [5.41, 5.74) is 1.69. The van der Waals surface area contributed by atoms with Crippen molar-refractivity contribution in [2.75, 3.05) is 0 Å². The second-order valence-electron chi connectivity index (χ2n) is 3.46. The Morgan fingerprint density at radius 1 is 1.38 bits per heavy atom. The number of nitriles is 1. The third-order valence-electron chi connectivity index (χ3n) is 2.18. The van der Waals surface area contributed by atoms with E-state index in [2.05, 4.69) is 11.2 Å². The van der Waals surface area contributed by atoms with Crippen molar-refractivity contribution < 1.29 is 0 Å². The molecule has 0 aliphatic carbocycles. The molecule has 0 saturated heterocycles. The first kappa shape index (κ1) is 10.8. The van der Waals surface area contributed by atoms with E-state index in [0.717, 1.165) is 15.6 Å². The summed E-state index contributed by atoms with van der Waals surface area (Å²) >= 11 is 1.56.